The molecule has 0 radical (unpaired) electrons. The molecule has 0 bridgehead atoms. The number of nitrogens with zero attached hydrogens (tertiary/aromatic N) is 2. The maximum atomic E-state index is 10.1. The van der Waals surface area contributed by atoms with E-state index < -0.39 is 6.10 Å². The number of hydrogen-bond acceptors (Lipinski definition) is 3. The molecule has 0 aromatic carbocycles. The first kappa shape index (κ1) is 14.1. The van der Waals surface area contributed by atoms with Crippen LogP contribution in [0.25, 0.3) is 0 Å². The van der Waals surface area contributed by atoms with Crippen LogP contribution in [0.2, 0.25) is 0 Å². The lowest BCUT2D eigenvalue weighted by Gasteiger charge is -2.13. The SMILES string of the molecule is CCCn1ncc(Br)c1C(O)CCCSC. The summed E-state index contributed by atoms with van der Waals surface area (Å²) >= 11 is 5.26. The molecule has 1 aromatic rings. The summed E-state index contributed by atoms with van der Waals surface area (Å²) in [5, 5.41) is 14.4. The van der Waals surface area contributed by atoms with Crippen molar-refractivity contribution in [1.82, 2.24) is 9.78 Å². The molecule has 92 valence electrons. The molecule has 0 aliphatic carbocycles. The first-order chi connectivity index (χ1) is 7.70. The smallest absolute Gasteiger partial charge is 0.0968 e. The molecule has 0 fully saturated rings. The number of halogens is 1. The average molecular weight is 307 g/mol. The molecule has 3 nitrogen and oxygen atoms in total. The van der Waals surface area contributed by atoms with E-state index in [1.165, 1.54) is 0 Å². The summed E-state index contributed by atoms with van der Waals surface area (Å²) in [4.78, 5) is 0. The lowest BCUT2D eigenvalue weighted by molar-refractivity contribution is 0.154. The molecule has 0 aliphatic heterocycles. The summed E-state index contributed by atoms with van der Waals surface area (Å²) in [6.45, 7) is 2.97. The van der Waals surface area contributed by atoms with Gasteiger partial charge < -0.3 is 5.11 Å². The fourth-order valence-corrected chi connectivity index (χ4v) is 2.67. The number of hydrogen-bond donors (Lipinski definition) is 1. The molecule has 0 amide bonds. The minimum Gasteiger partial charge on any atom is -0.387 e. The fraction of sp³-hybridized carbons (Fsp3) is 0.727. The predicted molar refractivity (Wildman–Crippen MR) is 72.8 cm³/mol. The van der Waals surface area contributed by atoms with E-state index in [4.69, 9.17) is 0 Å². The van der Waals surface area contributed by atoms with Gasteiger partial charge in [0.2, 0.25) is 0 Å². The molecule has 0 spiro atoms. The summed E-state index contributed by atoms with van der Waals surface area (Å²) in [6.07, 6.45) is 6.31. The van der Waals surface area contributed by atoms with Gasteiger partial charge in [-0.25, -0.2) is 0 Å². The molecule has 1 aromatic heterocycles. The maximum absolute atomic E-state index is 10.1. The van der Waals surface area contributed by atoms with E-state index in [-0.39, 0.29) is 0 Å². The van der Waals surface area contributed by atoms with E-state index in [1.54, 1.807) is 6.20 Å². The molecule has 1 rings (SSSR count). The zero-order valence-corrected chi connectivity index (χ0v) is 12.2. The number of thioether (sulfide) groups is 1. The number of aromatic nitrogens is 2. The van der Waals surface area contributed by atoms with Crippen molar-refractivity contribution in [1.29, 1.82) is 0 Å². The lowest BCUT2D eigenvalue weighted by Crippen LogP contribution is -2.10. The van der Waals surface area contributed by atoms with Gasteiger partial charge in [-0.1, -0.05) is 6.92 Å². The standard InChI is InChI=1S/C11H19BrN2OS/c1-3-6-14-11(9(12)8-13-14)10(15)5-4-7-16-2/h8,10,15H,3-7H2,1-2H3. The van der Waals surface area contributed by atoms with Crippen molar-refractivity contribution in [3.05, 3.63) is 16.4 Å². The highest BCUT2D eigenvalue weighted by atomic mass is 79.9. The number of aliphatic hydroxyl groups is 1. The molecule has 0 saturated carbocycles. The minimum absolute atomic E-state index is 0.407. The highest BCUT2D eigenvalue weighted by Gasteiger charge is 2.16. The van der Waals surface area contributed by atoms with Crippen LogP contribution in [0.15, 0.2) is 10.7 Å². The monoisotopic (exact) mass is 306 g/mol. The van der Waals surface area contributed by atoms with Crippen molar-refractivity contribution in [3.63, 3.8) is 0 Å². The van der Waals surface area contributed by atoms with Crippen molar-refractivity contribution in [2.75, 3.05) is 12.0 Å². The number of aliphatic hydroxyl groups excluding tert-OH is 1. The first-order valence-corrected chi connectivity index (χ1v) is 7.77. The van der Waals surface area contributed by atoms with Crippen LogP contribution in [-0.2, 0) is 6.54 Å². The normalized spacial score (nSPS) is 13.0. The van der Waals surface area contributed by atoms with Crippen LogP contribution in [0.4, 0.5) is 0 Å². The average Bonchev–Trinajstić information content (AvgIpc) is 2.61. The van der Waals surface area contributed by atoms with Gasteiger partial charge in [0.25, 0.3) is 0 Å². The van der Waals surface area contributed by atoms with Gasteiger partial charge in [0, 0.05) is 6.54 Å². The van der Waals surface area contributed by atoms with Crippen LogP contribution in [-0.4, -0.2) is 26.9 Å². The zero-order valence-electron chi connectivity index (χ0n) is 9.82. The van der Waals surface area contributed by atoms with Crippen molar-refractivity contribution >= 4 is 27.7 Å². The van der Waals surface area contributed by atoms with Crippen molar-refractivity contribution in [2.45, 2.75) is 38.8 Å². The Hall–Kier alpha value is -0.0000000000000000555. The molecule has 1 N–H and O–H groups in total. The number of aryl methyl sites for hydroxylation is 1. The van der Waals surface area contributed by atoms with Gasteiger partial charge in [-0.3, -0.25) is 4.68 Å². The second-order valence-electron chi connectivity index (χ2n) is 3.75. The second-order valence-corrected chi connectivity index (χ2v) is 5.59. The maximum Gasteiger partial charge on any atom is 0.0968 e. The largest absolute Gasteiger partial charge is 0.387 e. The number of rotatable bonds is 7. The Morgan fingerprint density at radius 2 is 2.38 bits per heavy atom. The highest BCUT2D eigenvalue weighted by Crippen LogP contribution is 2.26. The summed E-state index contributed by atoms with van der Waals surface area (Å²) in [6, 6.07) is 0. The Morgan fingerprint density at radius 3 is 3.00 bits per heavy atom. The fourth-order valence-electron chi connectivity index (χ4n) is 1.65. The minimum atomic E-state index is -0.407. The summed E-state index contributed by atoms with van der Waals surface area (Å²) in [5.41, 5.74) is 0.919. The van der Waals surface area contributed by atoms with E-state index in [0.29, 0.717) is 0 Å². The molecular formula is C11H19BrN2OS. The molecular weight excluding hydrogens is 288 g/mol. The predicted octanol–water partition coefficient (Wildman–Crippen LogP) is 3.23. The van der Waals surface area contributed by atoms with Crippen molar-refractivity contribution < 1.29 is 5.11 Å². The third-order valence-corrected chi connectivity index (χ3v) is 3.72. The Morgan fingerprint density at radius 1 is 1.62 bits per heavy atom. The van der Waals surface area contributed by atoms with Gasteiger partial charge >= 0.3 is 0 Å². The molecule has 5 heteroatoms. The van der Waals surface area contributed by atoms with Gasteiger partial charge in [0.1, 0.15) is 0 Å². The molecule has 1 unspecified atom stereocenters. The van der Waals surface area contributed by atoms with Gasteiger partial charge in [-0.05, 0) is 47.2 Å². The Bertz CT molecular complexity index is 317. The molecule has 16 heavy (non-hydrogen) atoms. The zero-order chi connectivity index (χ0) is 12.0. The van der Waals surface area contributed by atoms with Gasteiger partial charge in [0.05, 0.1) is 22.5 Å². The molecule has 1 atom stereocenters. The van der Waals surface area contributed by atoms with Gasteiger partial charge in [-0.15, -0.1) is 0 Å². The Balaban J connectivity index is 2.65. The molecule has 1 heterocycles. The lowest BCUT2D eigenvalue weighted by atomic mass is 10.1. The van der Waals surface area contributed by atoms with Crippen molar-refractivity contribution in [2.24, 2.45) is 0 Å². The van der Waals surface area contributed by atoms with E-state index in [1.807, 2.05) is 16.4 Å². The van der Waals surface area contributed by atoms with Crippen LogP contribution >= 0.6 is 27.7 Å². The third-order valence-electron chi connectivity index (χ3n) is 2.41. The van der Waals surface area contributed by atoms with Crippen LogP contribution in [0.3, 0.4) is 0 Å². The summed E-state index contributed by atoms with van der Waals surface area (Å²) in [7, 11) is 0. The van der Waals surface area contributed by atoms with Gasteiger partial charge in [0.15, 0.2) is 0 Å². The van der Waals surface area contributed by atoms with Crippen LogP contribution in [0, 0.1) is 0 Å². The quantitative estimate of drug-likeness (QED) is 0.786. The van der Waals surface area contributed by atoms with E-state index in [0.717, 1.165) is 41.7 Å². The van der Waals surface area contributed by atoms with Crippen molar-refractivity contribution in [3.8, 4) is 0 Å². The Labute approximate surface area is 110 Å². The second kappa shape index (κ2) is 7.35. The molecule has 0 aliphatic rings. The van der Waals surface area contributed by atoms with Crippen LogP contribution in [0.5, 0.6) is 0 Å². The van der Waals surface area contributed by atoms with Crippen LogP contribution in [0.1, 0.15) is 38.0 Å². The van der Waals surface area contributed by atoms with E-state index in [9.17, 15) is 5.11 Å². The third kappa shape index (κ3) is 3.79. The summed E-state index contributed by atoms with van der Waals surface area (Å²) in [5.74, 6) is 1.09. The summed E-state index contributed by atoms with van der Waals surface area (Å²) < 4.78 is 2.81. The van der Waals surface area contributed by atoms with Gasteiger partial charge in [-0.2, -0.15) is 16.9 Å². The Kier molecular flexibility index (Phi) is 6.46. The van der Waals surface area contributed by atoms with Crippen LogP contribution < -0.4 is 0 Å². The first-order valence-electron chi connectivity index (χ1n) is 5.58. The van der Waals surface area contributed by atoms with E-state index in [2.05, 4.69) is 34.2 Å². The topological polar surface area (TPSA) is 38.0 Å². The highest BCUT2D eigenvalue weighted by molar-refractivity contribution is 9.10. The molecule has 0 saturated heterocycles. The van der Waals surface area contributed by atoms with E-state index >= 15 is 0 Å².